The van der Waals surface area contributed by atoms with Gasteiger partial charge in [0.25, 0.3) is 0 Å². The second-order valence-electron chi connectivity index (χ2n) is 18.2. The molecule has 0 bridgehead atoms. The zero-order valence-corrected chi connectivity index (χ0v) is 39.7. The van der Waals surface area contributed by atoms with E-state index in [0.29, 0.717) is 23.6 Å². The van der Waals surface area contributed by atoms with Crippen LogP contribution in [-0.4, -0.2) is 25.0 Å². The van der Waals surface area contributed by atoms with E-state index in [2.05, 4.69) is 207 Å². The molecule has 8 heteroatoms. The van der Waals surface area contributed by atoms with E-state index >= 15 is 0 Å². The smallest absolute Gasteiger partial charge is 0.248 e. The summed E-state index contributed by atoms with van der Waals surface area (Å²) in [7, 11) is 0. The molecular weight excluding hydrogens is 909 g/mol. The number of rotatable bonds is 10. The normalized spacial score (nSPS) is 11.5. The zero-order chi connectivity index (χ0) is 49.0. The van der Waals surface area contributed by atoms with Gasteiger partial charge in [-0.15, -0.1) is 20.4 Å². The molecule has 0 amide bonds. The third-order valence-electron chi connectivity index (χ3n) is 14.0. The van der Waals surface area contributed by atoms with Crippen molar-refractivity contribution in [2.45, 2.75) is 0 Å². The van der Waals surface area contributed by atoms with Crippen molar-refractivity contribution in [1.82, 2.24) is 25.0 Å². The van der Waals surface area contributed by atoms with Crippen LogP contribution in [0.5, 0.6) is 0 Å². The molecule has 0 spiro atoms. The molecule has 0 fully saturated rings. The lowest BCUT2D eigenvalue weighted by atomic mass is 9.83. The Morgan fingerprint density at radius 2 is 0.770 bits per heavy atom. The maximum atomic E-state index is 6.60. The van der Waals surface area contributed by atoms with Gasteiger partial charge in [-0.3, -0.25) is 0 Å². The Hall–Kier alpha value is -10.2. The number of aromatic nitrogens is 5. The average molecular weight is 951 g/mol. The highest BCUT2D eigenvalue weighted by Crippen LogP contribution is 2.52. The van der Waals surface area contributed by atoms with Gasteiger partial charge in [0.2, 0.25) is 23.6 Å². The highest BCUT2D eigenvalue weighted by Gasteiger charge is 2.28. The fourth-order valence-electron chi connectivity index (χ4n) is 10.8. The van der Waals surface area contributed by atoms with Crippen LogP contribution >= 0.6 is 0 Å². The molecule has 0 aliphatic rings. The highest BCUT2D eigenvalue weighted by atomic mass is 16.4. The Balaban J connectivity index is 1.08. The topological polar surface area (TPSA) is 86.0 Å². The van der Waals surface area contributed by atoms with Gasteiger partial charge in [0.05, 0.1) is 16.7 Å². The monoisotopic (exact) mass is 950 g/mol. The Kier molecular flexibility index (Phi) is 10.3. The summed E-state index contributed by atoms with van der Waals surface area (Å²) in [6.45, 7) is 0. The molecule has 0 unspecified atom stereocenters. The van der Waals surface area contributed by atoms with Crippen LogP contribution in [0.2, 0.25) is 0 Å². The van der Waals surface area contributed by atoms with Gasteiger partial charge in [0.1, 0.15) is 0 Å². The zero-order valence-electron chi connectivity index (χ0n) is 39.7. The summed E-state index contributed by atoms with van der Waals surface area (Å²) in [5, 5.41) is 25.0. The van der Waals surface area contributed by atoms with Crippen molar-refractivity contribution < 1.29 is 8.83 Å². The molecule has 348 valence electrons. The number of fused-ring (bicyclic) bond motifs is 5. The van der Waals surface area contributed by atoms with Crippen molar-refractivity contribution >= 4 is 60.4 Å². The minimum absolute atomic E-state index is 0.425. The number of hydrogen-bond acceptors (Lipinski definition) is 7. The number of hydrogen-bond donors (Lipinski definition) is 0. The summed E-state index contributed by atoms with van der Waals surface area (Å²) in [4.78, 5) is 2.40. The van der Waals surface area contributed by atoms with Crippen LogP contribution in [0.4, 0.5) is 17.1 Å². The minimum Gasteiger partial charge on any atom is -0.416 e. The first-order valence-electron chi connectivity index (χ1n) is 24.6. The van der Waals surface area contributed by atoms with Crippen molar-refractivity contribution in [3.05, 3.63) is 255 Å². The summed E-state index contributed by atoms with van der Waals surface area (Å²) in [6, 6.07) is 88.6. The lowest BCUT2D eigenvalue weighted by Gasteiger charge is -2.29. The van der Waals surface area contributed by atoms with Gasteiger partial charge >= 0.3 is 0 Å². The quantitative estimate of drug-likeness (QED) is 0.126. The van der Waals surface area contributed by atoms with E-state index < -0.39 is 0 Å². The Labute approximate surface area is 425 Å². The van der Waals surface area contributed by atoms with Crippen LogP contribution < -0.4 is 4.90 Å². The number of benzene rings is 11. The summed E-state index contributed by atoms with van der Waals surface area (Å²) < 4.78 is 15.5. The molecule has 0 N–H and O–H groups in total. The van der Waals surface area contributed by atoms with E-state index in [1.54, 1.807) is 0 Å². The molecular formula is C66H42N6O2. The molecule has 0 aliphatic heterocycles. The van der Waals surface area contributed by atoms with E-state index in [-0.39, 0.29) is 0 Å². The molecule has 14 rings (SSSR count). The molecule has 0 atom stereocenters. The van der Waals surface area contributed by atoms with Crippen molar-refractivity contribution in [3.8, 4) is 73.8 Å². The highest BCUT2D eigenvalue weighted by molar-refractivity contribution is 6.26. The van der Waals surface area contributed by atoms with Gasteiger partial charge in [-0.25, -0.2) is 0 Å². The maximum Gasteiger partial charge on any atom is 0.248 e. The Bertz CT molecular complexity index is 4380. The van der Waals surface area contributed by atoms with E-state index in [4.69, 9.17) is 13.9 Å². The van der Waals surface area contributed by atoms with Gasteiger partial charge in [-0.05, 0) is 124 Å². The van der Waals surface area contributed by atoms with Crippen LogP contribution in [0.15, 0.2) is 264 Å². The van der Waals surface area contributed by atoms with E-state index in [0.717, 1.165) is 105 Å². The van der Waals surface area contributed by atoms with Crippen LogP contribution in [0.3, 0.4) is 0 Å². The van der Waals surface area contributed by atoms with E-state index in [1.807, 2.05) is 72.8 Å². The average Bonchev–Trinajstić information content (AvgIpc) is 4.29. The first-order valence-corrected chi connectivity index (χ1v) is 24.6. The predicted molar refractivity (Wildman–Crippen MR) is 299 cm³/mol. The number of nitrogens with zero attached hydrogens (tertiary/aromatic N) is 6. The molecule has 11 aromatic carbocycles. The molecule has 3 heterocycles. The summed E-state index contributed by atoms with van der Waals surface area (Å²) in [5.41, 5.74) is 13.7. The minimum atomic E-state index is 0.425. The molecule has 0 radical (unpaired) electrons. The van der Waals surface area contributed by atoms with Gasteiger partial charge in [0, 0.05) is 61.0 Å². The first-order chi connectivity index (χ1) is 36.7. The van der Waals surface area contributed by atoms with Gasteiger partial charge in [0.15, 0.2) is 0 Å². The molecule has 0 saturated carbocycles. The Morgan fingerprint density at radius 3 is 1.39 bits per heavy atom. The lowest BCUT2D eigenvalue weighted by molar-refractivity contribution is 0.584. The molecule has 0 saturated heterocycles. The molecule has 14 aromatic rings. The van der Waals surface area contributed by atoms with Crippen molar-refractivity contribution in [3.63, 3.8) is 0 Å². The first kappa shape index (κ1) is 42.7. The predicted octanol–water partition coefficient (Wildman–Crippen LogP) is 17.3. The van der Waals surface area contributed by atoms with Gasteiger partial charge < -0.3 is 18.3 Å². The third-order valence-corrected chi connectivity index (χ3v) is 14.0. The largest absolute Gasteiger partial charge is 0.416 e. The number of para-hydroxylation sites is 3. The lowest BCUT2D eigenvalue weighted by Crippen LogP contribution is -2.11. The van der Waals surface area contributed by atoms with Crippen LogP contribution in [0.25, 0.3) is 117 Å². The number of anilines is 3. The van der Waals surface area contributed by atoms with Crippen molar-refractivity contribution in [2.24, 2.45) is 0 Å². The third kappa shape index (κ3) is 7.15. The van der Waals surface area contributed by atoms with Crippen molar-refractivity contribution in [2.75, 3.05) is 4.90 Å². The summed E-state index contributed by atoms with van der Waals surface area (Å²) in [6.07, 6.45) is 0. The van der Waals surface area contributed by atoms with Crippen LogP contribution in [0.1, 0.15) is 0 Å². The van der Waals surface area contributed by atoms with Gasteiger partial charge in [-0.2, -0.15) is 0 Å². The summed E-state index contributed by atoms with van der Waals surface area (Å²) in [5.74, 6) is 1.77. The molecule has 8 nitrogen and oxygen atoms in total. The van der Waals surface area contributed by atoms with Crippen LogP contribution in [-0.2, 0) is 0 Å². The summed E-state index contributed by atoms with van der Waals surface area (Å²) >= 11 is 0. The SMILES string of the molecule is c1ccc(-c2nnc(-c3ccccc3-c3c4ccccc4c(-c4ccccc4-c4nnc(-c5ccccc5)o4)c4c(N(c5ccccc5)c5ccc6c(c5)c5ccccc5n6-c5ccccc5)cccc34)o2)cc1. The van der Waals surface area contributed by atoms with E-state index in [1.165, 1.54) is 5.39 Å². The molecule has 74 heavy (non-hydrogen) atoms. The van der Waals surface area contributed by atoms with Crippen LogP contribution in [0, 0.1) is 0 Å². The van der Waals surface area contributed by atoms with Gasteiger partial charge in [-0.1, -0.05) is 164 Å². The van der Waals surface area contributed by atoms with E-state index in [9.17, 15) is 0 Å². The fourth-order valence-corrected chi connectivity index (χ4v) is 10.8. The van der Waals surface area contributed by atoms with Crippen molar-refractivity contribution in [1.29, 1.82) is 0 Å². The molecule has 0 aliphatic carbocycles. The fraction of sp³-hybridized carbons (Fsp3) is 0. The second kappa shape index (κ2) is 17.9. The standard InChI is InChI=1S/C66H42N6O2/c1-5-22-43(23-6-1)63-67-69-65(73-63)53-35-17-15-33-51(53)60-49-31-13-14-32-50(49)61(52-34-16-18-36-54(52)66-70-68-64(74-66)44-24-7-2-8-25-44)62-55(60)37-21-39-59(62)71(45-26-9-3-10-27-45)47-40-41-58-56(42-47)48-30-19-20-38-57(48)72(58)46-28-11-4-12-29-46/h1-42H. The Morgan fingerprint density at radius 1 is 0.311 bits per heavy atom. The second-order valence-corrected chi connectivity index (χ2v) is 18.2. The molecule has 3 aromatic heterocycles. The maximum absolute atomic E-state index is 6.60.